The highest BCUT2D eigenvalue weighted by atomic mass is 16.1. The molecule has 2 rings (SSSR count). The molecule has 0 aliphatic heterocycles. The number of carbonyl (C=O) groups excluding carboxylic acids is 1. The summed E-state index contributed by atoms with van der Waals surface area (Å²) in [6, 6.07) is 19.7. The number of ketones is 1. The molecule has 0 N–H and O–H groups in total. The van der Waals surface area contributed by atoms with Gasteiger partial charge >= 0.3 is 0 Å². The molecule has 18 heavy (non-hydrogen) atoms. The molecule has 0 saturated heterocycles. The van der Waals surface area contributed by atoms with E-state index in [2.05, 4.69) is 19.1 Å². The van der Waals surface area contributed by atoms with Gasteiger partial charge in [0.05, 0.1) is 0 Å². The lowest BCUT2D eigenvalue weighted by Gasteiger charge is -2.19. The molecule has 0 saturated carbocycles. The zero-order valence-corrected chi connectivity index (χ0v) is 10.8. The first-order valence-corrected chi connectivity index (χ1v) is 6.34. The fraction of sp³-hybridized carbons (Fsp3) is 0.235. The summed E-state index contributed by atoms with van der Waals surface area (Å²) in [4.78, 5) is 12.4. The summed E-state index contributed by atoms with van der Waals surface area (Å²) in [6.45, 7) is 4.12. The molecule has 2 aromatic carbocycles. The van der Waals surface area contributed by atoms with Crippen molar-refractivity contribution in [2.45, 2.75) is 19.8 Å². The van der Waals surface area contributed by atoms with E-state index in [4.69, 9.17) is 0 Å². The Bertz CT molecular complexity index is 502. The number of Topliss-reactive ketones (excluding diaryl/α,β-unsaturated/α-hetero) is 1. The van der Waals surface area contributed by atoms with Gasteiger partial charge in [0.2, 0.25) is 0 Å². The van der Waals surface area contributed by atoms with E-state index in [9.17, 15) is 4.79 Å². The standard InChI is InChI=1S/C17H18O/c1-13(15-9-5-3-6-10-15)14(2)17(18)16-11-7-4-8-12-16/h3-14H,1-2H3/t13?,14-/m0/s1. The van der Waals surface area contributed by atoms with Crippen LogP contribution in [0.2, 0.25) is 0 Å². The van der Waals surface area contributed by atoms with Crippen LogP contribution in [0.15, 0.2) is 60.7 Å². The molecular weight excluding hydrogens is 220 g/mol. The van der Waals surface area contributed by atoms with Crippen molar-refractivity contribution in [2.75, 3.05) is 0 Å². The third-order valence-electron chi connectivity index (χ3n) is 3.55. The molecule has 2 aromatic rings. The van der Waals surface area contributed by atoms with Crippen molar-refractivity contribution in [1.29, 1.82) is 0 Å². The minimum atomic E-state index is -0.00481. The van der Waals surface area contributed by atoms with E-state index in [0.717, 1.165) is 5.56 Å². The lowest BCUT2D eigenvalue weighted by Crippen LogP contribution is -2.17. The van der Waals surface area contributed by atoms with Gasteiger partial charge in [0.1, 0.15) is 0 Å². The van der Waals surface area contributed by atoms with Crippen LogP contribution in [0, 0.1) is 5.92 Å². The van der Waals surface area contributed by atoms with Gasteiger partial charge in [0, 0.05) is 11.5 Å². The van der Waals surface area contributed by atoms with Crippen molar-refractivity contribution in [2.24, 2.45) is 5.92 Å². The monoisotopic (exact) mass is 238 g/mol. The molecule has 2 atom stereocenters. The van der Waals surface area contributed by atoms with Crippen molar-refractivity contribution < 1.29 is 4.79 Å². The summed E-state index contributed by atoms with van der Waals surface area (Å²) >= 11 is 0. The van der Waals surface area contributed by atoms with Crippen molar-refractivity contribution in [1.82, 2.24) is 0 Å². The molecule has 0 radical (unpaired) electrons. The van der Waals surface area contributed by atoms with Crippen LogP contribution in [0.5, 0.6) is 0 Å². The molecule has 0 heterocycles. The molecule has 0 aliphatic rings. The molecule has 1 unspecified atom stereocenters. The first kappa shape index (κ1) is 12.6. The zero-order chi connectivity index (χ0) is 13.0. The quantitative estimate of drug-likeness (QED) is 0.725. The Morgan fingerprint density at radius 3 is 1.89 bits per heavy atom. The summed E-state index contributed by atoms with van der Waals surface area (Å²) in [7, 11) is 0. The number of rotatable bonds is 4. The molecule has 0 fully saturated rings. The van der Waals surface area contributed by atoms with Crippen LogP contribution in [0.25, 0.3) is 0 Å². The van der Waals surface area contributed by atoms with E-state index in [1.165, 1.54) is 5.56 Å². The van der Waals surface area contributed by atoms with E-state index in [0.29, 0.717) is 0 Å². The van der Waals surface area contributed by atoms with Crippen LogP contribution in [0.4, 0.5) is 0 Å². The summed E-state index contributed by atoms with van der Waals surface area (Å²) in [5.74, 6) is 0.445. The minimum absolute atomic E-state index is 0.00481. The van der Waals surface area contributed by atoms with Gasteiger partial charge in [0.15, 0.2) is 5.78 Å². The summed E-state index contributed by atoms with van der Waals surface area (Å²) in [5.41, 5.74) is 2.02. The molecule has 92 valence electrons. The highest BCUT2D eigenvalue weighted by Gasteiger charge is 2.22. The van der Waals surface area contributed by atoms with E-state index >= 15 is 0 Å². The molecule has 0 bridgehead atoms. The molecule has 0 spiro atoms. The predicted octanol–water partition coefficient (Wildman–Crippen LogP) is 4.31. The van der Waals surface area contributed by atoms with Gasteiger partial charge in [0.25, 0.3) is 0 Å². The second kappa shape index (κ2) is 5.63. The lowest BCUT2D eigenvalue weighted by atomic mass is 9.84. The van der Waals surface area contributed by atoms with Crippen molar-refractivity contribution in [3.8, 4) is 0 Å². The number of benzene rings is 2. The van der Waals surface area contributed by atoms with Crippen molar-refractivity contribution >= 4 is 5.78 Å². The van der Waals surface area contributed by atoms with Crippen molar-refractivity contribution in [3.05, 3.63) is 71.8 Å². The maximum Gasteiger partial charge on any atom is 0.166 e. The van der Waals surface area contributed by atoms with E-state index in [-0.39, 0.29) is 17.6 Å². The van der Waals surface area contributed by atoms with Crippen LogP contribution < -0.4 is 0 Å². The van der Waals surface area contributed by atoms with Gasteiger partial charge in [-0.05, 0) is 11.5 Å². The second-order valence-electron chi connectivity index (χ2n) is 4.72. The van der Waals surface area contributed by atoms with Crippen LogP contribution in [-0.2, 0) is 0 Å². The second-order valence-corrected chi connectivity index (χ2v) is 4.72. The Morgan fingerprint density at radius 2 is 1.33 bits per heavy atom. The Morgan fingerprint density at radius 1 is 0.833 bits per heavy atom. The maximum absolute atomic E-state index is 12.4. The maximum atomic E-state index is 12.4. The Hall–Kier alpha value is -1.89. The van der Waals surface area contributed by atoms with Crippen LogP contribution in [0.1, 0.15) is 35.7 Å². The highest BCUT2D eigenvalue weighted by molar-refractivity contribution is 5.98. The average molecular weight is 238 g/mol. The van der Waals surface area contributed by atoms with E-state index in [1.54, 1.807) is 0 Å². The Kier molecular flexibility index (Phi) is 3.93. The Labute approximate surface area is 108 Å². The van der Waals surface area contributed by atoms with Gasteiger partial charge in [-0.15, -0.1) is 0 Å². The lowest BCUT2D eigenvalue weighted by molar-refractivity contribution is 0.0915. The van der Waals surface area contributed by atoms with Gasteiger partial charge in [-0.25, -0.2) is 0 Å². The van der Waals surface area contributed by atoms with Gasteiger partial charge < -0.3 is 0 Å². The third-order valence-corrected chi connectivity index (χ3v) is 3.55. The molecular formula is C17H18O. The first-order chi connectivity index (χ1) is 8.70. The first-order valence-electron chi connectivity index (χ1n) is 6.34. The molecule has 1 heteroatoms. The SMILES string of the molecule is CC(c1ccccc1)[C@H](C)C(=O)c1ccccc1. The predicted molar refractivity (Wildman–Crippen MR) is 74.8 cm³/mol. The topological polar surface area (TPSA) is 17.1 Å². The molecule has 1 nitrogen and oxygen atoms in total. The third kappa shape index (κ3) is 2.67. The van der Waals surface area contributed by atoms with Crippen molar-refractivity contribution in [3.63, 3.8) is 0 Å². The number of carbonyl (C=O) groups is 1. The molecule has 0 aliphatic carbocycles. The molecule has 0 amide bonds. The van der Waals surface area contributed by atoms with Crippen LogP contribution >= 0.6 is 0 Å². The van der Waals surface area contributed by atoms with Gasteiger partial charge in [-0.3, -0.25) is 4.79 Å². The van der Waals surface area contributed by atoms with Crippen LogP contribution in [0.3, 0.4) is 0 Å². The van der Waals surface area contributed by atoms with E-state index in [1.807, 2.05) is 55.5 Å². The largest absolute Gasteiger partial charge is 0.294 e. The summed E-state index contributed by atoms with van der Waals surface area (Å²) in [6.07, 6.45) is 0. The normalized spacial score (nSPS) is 13.9. The van der Waals surface area contributed by atoms with Gasteiger partial charge in [-0.2, -0.15) is 0 Å². The fourth-order valence-electron chi connectivity index (χ4n) is 2.14. The zero-order valence-electron chi connectivity index (χ0n) is 10.8. The Balaban J connectivity index is 2.17. The highest BCUT2D eigenvalue weighted by Crippen LogP contribution is 2.26. The number of hydrogen-bond donors (Lipinski definition) is 0. The average Bonchev–Trinajstić information content (AvgIpc) is 2.47. The molecule has 0 aromatic heterocycles. The minimum Gasteiger partial charge on any atom is -0.294 e. The number of hydrogen-bond acceptors (Lipinski definition) is 1. The van der Waals surface area contributed by atoms with Crippen LogP contribution in [-0.4, -0.2) is 5.78 Å². The van der Waals surface area contributed by atoms with E-state index < -0.39 is 0 Å². The fourth-order valence-corrected chi connectivity index (χ4v) is 2.14. The van der Waals surface area contributed by atoms with Gasteiger partial charge in [-0.1, -0.05) is 74.5 Å². The summed E-state index contributed by atoms with van der Waals surface area (Å²) in [5, 5.41) is 0. The smallest absolute Gasteiger partial charge is 0.166 e. The summed E-state index contributed by atoms with van der Waals surface area (Å²) < 4.78 is 0.